The molecule has 0 aromatic carbocycles. The van der Waals surface area contributed by atoms with Crippen molar-refractivity contribution in [2.45, 2.75) is 58.0 Å². The third-order valence-corrected chi connectivity index (χ3v) is 2.80. The van der Waals surface area contributed by atoms with Gasteiger partial charge in [-0.15, -0.1) is 10.2 Å². The van der Waals surface area contributed by atoms with E-state index in [1.54, 1.807) is 0 Å². The molecule has 0 spiro atoms. The molecule has 0 bridgehead atoms. The van der Waals surface area contributed by atoms with Gasteiger partial charge in [0.1, 0.15) is 11.6 Å². The van der Waals surface area contributed by atoms with E-state index in [-0.39, 0.29) is 5.54 Å². The fourth-order valence-electron chi connectivity index (χ4n) is 2.08. The number of aryl methyl sites for hydroxylation is 1. The Morgan fingerprint density at radius 2 is 2.07 bits per heavy atom. The molecule has 2 heterocycles. The van der Waals surface area contributed by atoms with Gasteiger partial charge in [-0.2, -0.15) is 0 Å². The average molecular weight is 208 g/mol. The van der Waals surface area contributed by atoms with E-state index in [0.29, 0.717) is 0 Å². The molecule has 1 aromatic rings. The number of aromatic nitrogens is 3. The second-order valence-corrected chi connectivity index (χ2v) is 5.16. The summed E-state index contributed by atoms with van der Waals surface area (Å²) in [5.41, 5.74) is 5.82. The molecular formula is C11H20N4. The van der Waals surface area contributed by atoms with Crippen molar-refractivity contribution in [1.29, 1.82) is 0 Å². The third kappa shape index (κ3) is 2.56. The topological polar surface area (TPSA) is 56.7 Å². The zero-order valence-corrected chi connectivity index (χ0v) is 9.66. The highest BCUT2D eigenvalue weighted by Crippen LogP contribution is 2.16. The molecule has 0 amide bonds. The van der Waals surface area contributed by atoms with E-state index in [4.69, 9.17) is 5.73 Å². The first-order valence-electron chi connectivity index (χ1n) is 5.76. The highest BCUT2D eigenvalue weighted by atomic mass is 15.3. The van der Waals surface area contributed by atoms with Gasteiger partial charge in [-0.1, -0.05) is 6.42 Å². The van der Waals surface area contributed by atoms with Crippen molar-refractivity contribution in [2.75, 3.05) is 0 Å². The van der Waals surface area contributed by atoms with E-state index in [9.17, 15) is 0 Å². The number of rotatable bonds is 2. The van der Waals surface area contributed by atoms with Gasteiger partial charge in [-0.05, 0) is 26.7 Å². The van der Waals surface area contributed by atoms with Crippen molar-refractivity contribution in [2.24, 2.45) is 5.73 Å². The van der Waals surface area contributed by atoms with Gasteiger partial charge in [0.15, 0.2) is 0 Å². The van der Waals surface area contributed by atoms with Crippen LogP contribution in [0.5, 0.6) is 0 Å². The molecule has 15 heavy (non-hydrogen) atoms. The van der Waals surface area contributed by atoms with Crippen LogP contribution in [0.2, 0.25) is 0 Å². The van der Waals surface area contributed by atoms with E-state index < -0.39 is 0 Å². The quantitative estimate of drug-likeness (QED) is 0.796. The maximum Gasteiger partial charge on any atom is 0.134 e. The van der Waals surface area contributed by atoms with Crippen LogP contribution in [0.25, 0.3) is 0 Å². The number of nitrogens with two attached hydrogens (primary N) is 1. The van der Waals surface area contributed by atoms with E-state index in [2.05, 4.69) is 14.8 Å². The van der Waals surface area contributed by atoms with E-state index in [0.717, 1.165) is 31.0 Å². The maximum atomic E-state index is 6.02. The van der Waals surface area contributed by atoms with Crippen molar-refractivity contribution < 1.29 is 0 Å². The summed E-state index contributed by atoms with van der Waals surface area (Å²) in [6, 6.07) is 0. The molecule has 2 N–H and O–H groups in total. The van der Waals surface area contributed by atoms with Crippen molar-refractivity contribution in [1.82, 2.24) is 14.8 Å². The van der Waals surface area contributed by atoms with E-state index in [1.165, 1.54) is 19.3 Å². The predicted molar refractivity (Wildman–Crippen MR) is 59.5 cm³/mol. The van der Waals surface area contributed by atoms with Gasteiger partial charge in [0, 0.05) is 24.9 Å². The Labute approximate surface area is 90.9 Å². The lowest BCUT2D eigenvalue weighted by Crippen LogP contribution is -2.35. The zero-order chi connectivity index (χ0) is 10.9. The molecule has 4 heteroatoms. The van der Waals surface area contributed by atoms with Gasteiger partial charge in [0.05, 0.1) is 0 Å². The van der Waals surface area contributed by atoms with Gasteiger partial charge in [0.2, 0.25) is 0 Å². The van der Waals surface area contributed by atoms with Crippen molar-refractivity contribution in [3.63, 3.8) is 0 Å². The van der Waals surface area contributed by atoms with Gasteiger partial charge in [-0.25, -0.2) is 0 Å². The summed E-state index contributed by atoms with van der Waals surface area (Å²) in [5.74, 6) is 2.20. The van der Waals surface area contributed by atoms with Crippen molar-refractivity contribution in [3.05, 3.63) is 11.6 Å². The predicted octanol–water partition coefficient (Wildman–Crippen LogP) is 1.28. The summed E-state index contributed by atoms with van der Waals surface area (Å²) in [4.78, 5) is 0. The zero-order valence-electron chi connectivity index (χ0n) is 9.66. The number of fused-ring (bicyclic) bond motifs is 1. The monoisotopic (exact) mass is 208 g/mol. The fraction of sp³-hybridized carbons (Fsp3) is 0.818. The largest absolute Gasteiger partial charge is 0.325 e. The Kier molecular flexibility index (Phi) is 2.78. The highest BCUT2D eigenvalue weighted by Gasteiger charge is 2.19. The van der Waals surface area contributed by atoms with Crippen LogP contribution in [0.15, 0.2) is 0 Å². The van der Waals surface area contributed by atoms with Gasteiger partial charge in [0.25, 0.3) is 0 Å². The molecular weight excluding hydrogens is 188 g/mol. The normalized spacial score (nSPS) is 17.3. The summed E-state index contributed by atoms with van der Waals surface area (Å²) < 4.78 is 2.27. The molecule has 0 unspecified atom stereocenters. The van der Waals surface area contributed by atoms with Crippen LogP contribution in [0.4, 0.5) is 0 Å². The second-order valence-electron chi connectivity index (χ2n) is 5.16. The molecule has 0 saturated heterocycles. The van der Waals surface area contributed by atoms with Crippen molar-refractivity contribution >= 4 is 0 Å². The molecule has 2 rings (SSSR count). The molecule has 4 nitrogen and oxygen atoms in total. The molecule has 0 fully saturated rings. The number of hydrogen-bond donors (Lipinski definition) is 1. The SMILES string of the molecule is CC(C)(N)Cc1nnc2n1CCCCC2. The molecule has 0 saturated carbocycles. The van der Waals surface area contributed by atoms with Crippen molar-refractivity contribution in [3.8, 4) is 0 Å². The Morgan fingerprint density at radius 1 is 1.27 bits per heavy atom. The molecule has 0 atom stereocenters. The average Bonchev–Trinajstić information content (AvgIpc) is 2.35. The Morgan fingerprint density at radius 3 is 2.80 bits per heavy atom. The van der Waals surface area contributed by atoms with Crippen LogP contribution < -0.4 is 5.73 Å². The molecule has 0 aliphatic carbocycles. The number of nitrogens with zero attached hydrogens (tertiary/aromatic N) is 3. The molecule has 1 aliphatic heterocycles. The third-order valence-electron chi connectivity index (χ3n) is 2.80. The second kappa shape index (κ2) is 3.93. The highest BCUT2D eigenvalue weighted by molar-refractivity contribution is 5.01. The summed E-state index contributed by atoms with van der Waals surface area (Å²) in [5, 5.41) is 8.52. The molecule has 1 aliphatic rings. The first-order valence-corrected chi connectivity index (χ1v) is 5.76. The maximum absolute atomic E-state index is 6.02. The molecule has 1 aromatic heterocycles. The molecule has 0 radical (unpaired) electrons. The van der Waals surface area contributed by atoms with Gasteiger partial charge < -0.3 is 10.3 Å². The fourth-order valence-corrected chi connectivity index (χ4v) is 2.08. The summed E-state index contributed by atoms with van der Waals surface area (Å²) >= 11 is 0. The standard InChI is InChI=1S/C11H20N4/c1-11(2,12)8-10-14-13-9-6-4-3-5-7-15(9)10/h3-8,12H2,1-2H3. The number of hydrogen-bond acceptors (Lipinski definition) is 3. The Balaban J connectivity index is 2.22. The first kappa shape index (κ1) is 10.6. The minimum absolute atomic E-state index is 0.198. The Bertz CT molecular complexity index is 335. The van der Waals surface area contributed by atoms with Crippen LogP contribution >= 0.6 is 0 Å². The summed E-state index contributed by atoms with van der Waals surface area (Å²) in [6.45, 7) is 5.13. The van der Waals surface area contributed by atoms with E-state index in [1.807, 2.05) is 13.8 Å². The summed E-state index contributed by atoms with van der Waals surface area (Å²) in [7, 11) is 0. The van der Waals surface area contributed by atoms with Gasteiger partial charge >= 0.3 is 0 Å². The smallest absolute Gasteiger partial charge is 0.134 e. The van der Waals surface area contributed by atoms with Crippen LogP contribution in [0.1, 0.15) is 44.8 Å². The lowest BCUT2D eigenvalue weighted by molar-refractivity contribution is 0.480. The first-order chi connectivity index (χ1) is 7.06. The minimum atomic E-state index is -0.198. The lowest BCUT2D eigenvalue weighted by atomic mass is 10.0. The van der Waals surface area contributed by atoms with Gasteiger partial charge in [-0.3, -0.25) is 0 Å². The van der Waals surface area contributed by atoms with Crippen LogP contribution in [0.3, 0.4) is 0 Å². The minimum Gasteiger partial charge on any atom is -0.325 e. The van der Waals surface area contributed by atoms with Crippen LogP contribution in [-0.4, -0.2) is 20.3 Å². The lowest BCUT2D eigenvalue weighted by Gasteiger charge is -2.18. The summed E-state index contributed by atoms with van der Waals surface area (Å²) in [6.07, 6.45) is 5.65. The van der Waals surface area contributed by atoms with Crippen LogP contribution in [-0.2, 0) is 19.4 Å². The van der Waals surface area contributed by atoms with E-state index >= 15 is 0 Å². The molecule has 84 valence electrons. The van der Waals surface area contributed by atoms with Crippen LogP contribution in [0, 0.1) is 0 Å². The Hall–Kier alpha value is -0.900.